The Morgan fingerprint density at radius 3 is 2.26 bits per heavy atom. The van der Waals surface area contributed by atoms with Crippen LogP contribution in [0.25, 0.3) is 0 Å². The molecule has 1 saturated heterocycles. The van der Waals surface area contributed by atoms with E-state index >= 15 is 0 Å². The number of alkyl halides is 3. The fourth-order valence-electron chi connectivity index (χ4n) is 3.81. The van der Waals surface area contributed by atoms with Crippen molar-refractivity contribution in [2.75, 3.05) is 31.1 Å². The van der Waals surface area contributed by atoms with E-state index in [0.29, 0.717) is 43.0 Å². The molecule has 11 heteroatoms. The van der Waals surface area contributed by atoms with E-state index in [2.05, 4.69) is 10.0 Å². The molecule has 1 aliphatic rings. The predicted molar refractivity (Wildman–Crippen MR) is 125 cm³/mol. The molecule has 0 spiro atoms. The second-order valence-electron chi connectivity index (χ2n) is 8.48. The largest absolute Gasteiger partial charge is 0.416 e. The molecule has 0 aliphatic carbocycles. The lowest BCUT2D eigenvalue weighted by atomic mass is 10.1. The van der Waals surface area contributed by atoms with Crippen molar-refractivity contribution in [1.29, 1.82) is 0 Å². The first kappa shape index (κ1) is 25.8. The van der Waals surface area contributed by atoms with Crippen LogP contribution in [0.3, 0.4) is 0 Å². The summed E-state index contributed by atoms with van der Waals surface area (Å²) in [5, 5.41) is 2.82. The lowest BCUT2D eigenvalue weighted by Crippen LogP contribution is -2.51. The van der Waals surface area contributed by atoms with Crippen molar-refractivity contribution in [3.05, 3.63) is 65.2 Å². The highest BCUT2D eigenvalue weighted by Crippen LogP contribution is 2.31. The Kier molecular flexibility index (Phi) is 8.09. The lowest BCUT2D eigenvalue weighted by molar-refractivity contribution is -0.137. The van der Waals surface area contributed by atoms with Crippen LogP contribution >= 0.6 is 0 Å². The zero-order chi connectivity index (χ0) is 24.9. The van der Waals surface area contributed by atoms with Crippen molar-refractivity contribution in [3.63, 3.8) is 0 Å². The molecule has 0 bridgehead atoms. The summed E-state index contributed by atoms with van der Waals surface area (Å²) in [7, 11) is -3.51. The summed E-state index contributed by atoms with van der Waals surface area (Å²) in [6, 6.07) is 11.7. The minimum Gasteiger partial charge on any atom is -0.368 e. The molecule has 3 rings (SSSR count). The van der Waals surface area contributed by atoms with Gasteiger partial charge in [-0.1, -0.05) is 30.3 Å². The Morgan fingerprint density at radius 1 is 1.00 bits per heavy atom. The van der Waals surface area contributed by atoms with Gasteiger partial charge in [-0.2, -0.15) is 13.2 Å². The van der Waals surface area contributed by atoms with E-state index < -0.39 is 21.8 Å². The van der Waals surface area contributed by atoms with Gasteiger partial charge in [-0.05, 0) is 43.2 Å². The third-order valence-electron chi connectivity index (χ3n) is 5.41. The van der Waals surface area contributed by atoms with Crippen LogP contribution in [0.4, 0.5) is 23.7 Å². The SMILES string of the molecule is CC(C)NS(=O)(=O)Cc1ccccc1CNC(=O)N1CCN(c2cccc(C(F)(F)F)c2)CC1. The fraction of sp³-hybridized carbons (Fsp3) is 0.435. The summed E-state index contributed by atoms with van der Waals surface area (Å²) in [6.07, 6.45) is -4.40. The van der Waals surface area contributed by atoms with E-state index in [1.807, 2.05) is 4.90 Å². The van der Waals surface area contributed by atoms with E-state index in [1.165, 1.54) is 6.07 Å². The number of hydrogen-bond acceptors (Lipinski definition) is 4. The lowest BCUT2D eigenvalue weighted by Gasteiger charge is -2.36. The van der Waals surface area contributed by atoms with Gasteiger partial charge in [0, 0.05) is 44.5 Å². The van der Waals surface area contributed by atoms with Crippen molar-refractivity contribution >= 4 is 21.7 Å². The maximum absolute atomic E-state index is 13.0. The Labute approximate surface area is 198 Å². The van der Waals surface area contributed by atoms with Gasteiger partial charge in [0.1, 0.15) is 0 Å². The number of benzene rings is 2. The van der Waals surface area contributed by atoms with Crippen LogP contribution in [0.5, 0.6) is 0 Å². The number of rotatable bonds is 7. The molecule has 2 aromatic carbocycles. The second kappa shape index (κ2) is 10.6. The molecule has 1 heterocycles. The normalized spacial score (nSPS) is 15.0. The third-order valence-corrected chi connectivity index (χ3v) is 6.94. The minimum atomic E-state index is -4.40. The van der Waals surface area contributed by atoms with Crippen molar-refractivity contribution in [3.8, 4) is 0 Å². The number of amides is 2. The van der Waals surface area contributed by atoms with Gasteiger partial charge in [0.25, 0.3) is 0 Å². The summed E-state index contributed by atoms with van der Waals surface area (Å²) in [6.45, 7) is 5.19. The number of anilines is 1. The average molecular weight is 499 g/mol. The number of carbonyl (C=O) groups excluding carboxylic acids is 1. The molecule has 34 heavy (non-hydrogen) atoms. The molecule has 2 aromatic rings. The van der Waals surface area contributed by atoms with Gasteiger partial charge in [0.15, 0.2) is 0 Å². The maximum atomic E-state index is 13.0. The molecule has 2 N–H and O–H groups in total. The van der Waals surface area contributed by atoms with E-state index in [1.54, 1.807) is 49.1 Å². The highest BCUT2D eigenvalue weighted by atomic mass is 32.2. The molecule has 0 radical (unpaired) electrons. The van der Waals surface area contributed by atoms with Crippen molar-refractivity contribution < 1.29 is 26.4 Å². The molecule has 7 nitrogen and oxygen atoms in total. The highest BCUT2D eigenvalue weighted by Gasteiger charge is 2.31. The average Bonchev–Trinajstić information content (AvgIpc) is 2.77. The molecule has 1 aliphatic heterocycles. The smallest absolute Gasteiger partial charge is 0.368 e. The zero-order valence-corrected chi connectivity index (χ0v) is 19.9. The molecule has 0 unspecified atom stereocenters. The first-order chi connectivity index (χ1) is 15.9. The molecule has 186 valence electrons. The molecule has 0 saturated carbocycles. The van der Waals surface area contributed by atoms with Crippen molar-refractivity contribution in [1.82, 2.24) is 14.9 Å². The monoisotopic (exact) mass is 498 g/mol. The van der Waals surface area contributed by atoms with E-state index in [9.17, 15) is 26.4 Å². The standard InChI is InChI=1S/C23H29F3N4O3S/c1-17(2)28-34(32,33)16-19-7-4-3-6-18(19)15-27-22(31)30-12-10-29(11-13-30)21-9-5-8-20(14-21)23(24,25)26/h3-9,14,17,28H,10-13,15-16H2,1-2H3,(H,27,31). The summed E-state index contributed by atoms with van der Waals surface area (Å²) in [5.41, 5.74) is 1.08. The van der Waals surface area contributed by atoms with Crippen LogP contribution in [0.15, 0.2) is 48.5 Å². The number of carbonyl (C=O) groups is 1. The Hall–Kier alpha value is -2.79. The Morgan fingerprint density at radius 2 is 1.65 bits per heavy atom. The van der Waals surface area contributed by atoms with Crippen molar-refractivity contribution in [2.24, 2.45) is 0 Å². The molecule has 0 atom stereocenters. The van der Waals surface area contributed by atoms with Crippen molar-refractivity contribution in [2.45, 2.75) is 38.4 Å². The molecule has 2 amide bonds. The Bertz CT molecular complexity index is 1100. The van der Waals surface area contributed by atoms with Crippen LogP contribution < -0.4 is 14.9 Å². The topological polar surface area (TPSA) is 81.8 Å². The van der Waals surface area contributed by atoms with Crippen LogP contribution in [0.1, 0.15) is 30.5 Å². The van der Waals surface area contributed by atoms with Gasteiger partial charge in [-0.3, -0.25) is 0 Å². The predicted octanol–water partition coefficient (Wildman–Crippen LogP) is 3.57. The first-order valence-electron chi connectivity index (χ1n) is 11.0. The summed E-state index contributed by atoms with van der Waals surface area (Å²) in [4.78, 5) is 16.1. The Balaban J connectivity index is 1.56. The van der Waals surface area contributed by atoms with Gasteiger partial charge >= 0.3 is 12.2 Å². The molecule has 1 fully saturated rings. The quantitative estimate of drug-likeness (QED) is 0.612. The van der Waals surface area contributed by atoms with Gasteiger partial charge in [0.05, 0.1) is 11.3 Å². The van der Waals surface area contributed by atoms with E-state index in [4.69, 9.17) is 0 Å². The van der Waals surface area contributed by atoms with Gasteiger partial charge in [0.2, 0.25) is 10.0 Å². The third kappa shape index (κ3) is 7.10. The minimum absolute atomic E-state index is 0.167. The zero-order valence-electron chi connectivity index (χ0n) is 19.1. The van der Waals surface area contributed by atoms with Gasteiger partial charge in [-0.15, -0.1) is 0 Å². The number of piperazine rings is 1. The number of urea groups is 1. The number of halogens is 3. The summed E-state index contributed by atoms with van der Waals surface area (Å²) >= 11 is 0. The number of sulfonamides is 1. The molecular weight excluding hydrogens is 469 g/mol. The van der Waals surface area contributed by atoms with Gasteiger partial charge in [-0.25, -0.2) is 17.9 Å². The molecule has 0 aromatic heterocycles. The maximum Gasteiger partial charge on any atom is 0.416 e. The molecular formula is C23H29F3N4O3S. The summed E-state index contributed by atoms with van der Waals surface area (Å²) < 4.78 is 66.1. The first-order valence-corrected chi connectivity index (χ1v) is 12.6. The van der Waals surface area contributed by atoms with Crippen LogP contribution in [0, 0.1) is 0 Å². The highest BCUT2D eigenvalue weighted by molar-refractivity contribution is 7.88. The van der Waals surface area contributed by atoms with E-state index in [0.717, 1.165) is 12.1 Å². The number of nitrogens with one attached hydrogen (secondary N) is 2. The number of nitrogens with zero attached hydrogens (tertiary/aromatic N) is 2. The fourth-order valence-corrected chi connectivity index (χ4v) is 5.30. The van der Waals surface area contributed by atoms with Crippen LogP contribution in [-0.2, 0) is 28.5 Å². The number of hydrogen-bond donors (Lipinski definition) is 2. The second-order valence-corrected chi connectivity index (χ2v) is 10.2. The van der Waals surface area contributed by atoms with Crippen LogP contribution in [0.2, 0.25) is 0 Å². The van der Waals surface area contributed by atoms with Crippen LogP contribution in [-0.4, -0.2) is 51.6 Å². The summed E-state index contributed by atoms with van der Waals surface area (Å²) in [5.74, 6) is -0.188. The van der Waals surface area contributed by atoms with Gasteiger partial charge < -0.3 is 15.1 Å². The van der Waals surface area contributed by atoms with E-state index in [-0.39, 0.29) is 24.4 Å².